The third-order valence-corrected chi connectivity index (χ3v) is 9.09. The monoisotopic (exact) mass is 555 g/mol. The first kappa shape index (κ1) is 27.4. The van der Waals surface area contributed by atoms with Gasteiger partial charge in [-0.3, -0.25) is 9.59 Å². The Bertz CT molecular complexity index is 1260. The summed E-state index contributed by atoms with van der Waals surface area (Å²) in [6.07, 6.45) is 2.62. The van der Waals surface area contributed by atoms with Crippen LogP contribution < -0.4 is 4.74 Å². The van der Waals surface area contributed by atoms with Crippen molar-refractivity contribution >= 4 is 29.5 Å². The molecule has 9 heteroatoms. The molecule has 2 unspecified atom stereocenters. The SMILES string of the molecule is Cc1cc(C2CN(C(=O)C3CCN(C(=O)C4(C)CC4)CC3)CC2N(C)C(=O)Oc2ccc(F)cc2)ccc1Cl. The van der Waals surface area contributed by atoms with Crippen molar-refractivity contribution in [1.29, 1.82) is 0 Å². The van der Waals surface area contributed by atoms with E-state index in [1.54, 1.807) is 7.05 Å². The Morgan fingerprint density at radius 3 is 2.31 bits per heavy atom. The number of amides is 3. The Kier molecular flexibility index (Phi) is 7.60. The molecule has 2 saturated heterocycles. The highest BCUT2D eigenvalue weighted by Gasteiger charge is 2.48. The molecule has 5 rings (SSSR count). The number of hydrogen-bond donors (Lipinski definition) is 0. The van der Waals surface area contributed by atoms with Crippen molar-refractivity contribution < 1.29 is 23.5 Å². The second-order valence-electron chi connectivity index (χ2n) is 11.5. The van der Waals surface area contributed by atoms with Gasteiger partial charge in [-0.15, -0.1) is 0 Å². The maximum absolute atomic E-state index is 13.7. The van der Waals surface area contributed by atoms with Gasteiger partial charge in [0.2, 0.25) is 11.8 Å². The van der Waals surface area contributed by atoms with Crippen LogP contribution in [0.1, 0.15) is 49.7 Å². The van der Waals surface area contributed by atoms with Crippen LogP contribution in [0, 0.1) is 24.1 Å². The molecule has 0 aromatic heterocycles. The normalized spacial score (nSPS) is 22.5. The van der Waals surface area contributed by atoms with Gasteiger partial charge in [-0.25, -0.2) is 9.18 Å². The van der Waals surface area contributed by atoms with E-state index in [1.165, 1.54) is 29.2 Å². The first-order valence-corrected chi connectivity index (χ1v) is 14.0. The molecule has 0 spiro atoms. The second-order valence-corrected chi connectivity index (χ2v) is 11.9. The van der Waals surface area contributed by atoms with E-state index in [1.807, 2.05) is 41.8 Å². The number of hydrogen-bond acceptors (Lipinski definition) is 4. The summed E-state index contributed by atoms with van der Waals surface area (Å²) in [7, 11) is 1.67. The lowest BCUT2D eigenvalue weighted by Gasteiger charge is -2.34. The van der Waals surface area contributed by atoms with Crippen LogP contribution >= 0.6 is 11.6 Å². The summed E-state index contributed by atoms with van der Waals surface area (Å²) >= 11 is 6.28. The third-order valence-electron chi connectivity index (χ3n) is 8.66. The fraction of sp³-hybridized carbons (Fsp3) is 0.500. The number of piperidine rings is 1. The van der Waals surface area contributed by atoms with Crippen LogP contribution in [-0.4, -0.2) is 71.9 Å². The summed E-state index contributed by atoms with van der Waals surface area (Å²) < 4.78 is 18.8. The van der Waals surface area contributed by atoms with E-state index in [0.29, 0.717) is 44.0 Å². The minimum Gasteiger partial charge on any atom is -0.410 e. The summed E-state index contributed by atoms with van der Waals surface area (Å²) in [6, 6.07) is 10.8. The van der Waals surface area contributed by atoms with Crippen LogP contribution in [0.4, 0.5) is 9.18 Å². The molecule has 0 bridgehead atoms. The van der Waals surface area contributed by atoms with Crippen molar-refractivity contribution in [3.8, 4) is 5.75 Å². The molecule has 208 valence electrons. The van der Waals surface area contributed by atoms with Crippen LogP contribution in [0.25, 0.3) is 0 Å². The topological polar surface area (TPSA) is 70.2 Å². The largest absolute Gasteiger partial charge is 0.415 e. The molecule has 39 heavy (non-hydrogen) atoms. The van der Waals surface area contributed by atoms with Gasteiger partial charge >= 0.3 is 6.09 Å². The molecule has 0 radical (unpaired) electrons. The van der Waals surface area contributed by atoms with E-state index in [4.69, 9.17) is 16.3 Å². The molecule has 2 aliphatic heterocycles. The summed E-state index contributed by atoms with van der Waals surface area (Å²) in [5.41, 5.74) is 1.73. The Labute approximate surface area is 233 Å². The number of rotatable bonds is 5. The predicted octanol–water partition coefficient (Wildman–Crippen LogP) is 5.25. The van der Waals surface area contributed by atoms with Crippen LogP contribution in [0.3, 0.4) is 0 Å². The molecule has 2 aromatic rings. The van der Waals surface area contributed by atoms with Crippen molar-refractivity contribution in [3.63, 3.8) is 0 Å². The molecular weight excluding hydrogens is 521 g/mol. The van der Waals surface area contributed by atoms with E-state index in [0.717, 1.165) is 24.0 Å². The van der Waals surface area contributed by atoms with Crippen molar-refractivity contribution in [2.45, 2.75) is 51.5 Å². The zero-order chi connectivity index (χ0) is 27.9. The van der Waals surface area contributed by atoms with Crippen LogP contribution in [0.2, 0.25) is 5.02 Å². The first-order chi connectivity index (χ1) is 18.6. The molecule has 1 saturated carbocycles. The van der Waals surface area contributed by atoms with Gasteiger partial charge in [0.25, 0.3) is 0 Å². The highest BCUT2D eigenvalue weighted by molar-refractivity contribution is 6.31. The Balaban J connectivity index is 1.30. The maximum Gasteiger partial charge on any atom is 0.415 e. The minimum atomic E-state index is -0.572. The molecule has 2 heterocycles. The standard InChI is InChI=1S/C30H35ClFN3O4/c1-19-16-21(4-9-25(19)31)24-17-35(18-26(24)33(3)29(38)39-23-7-5-22(32)6-8-23)27(36)20-10-14-34(15-11-20)28(37)30(2)12-13-30/h4-9,16,20,24,26H,10-15,17-18H2,1-3H3. The molecule has 7 nitrogen and oxygen atoms in total. The first-order valence-electron chi connectivity index (χ1n) is 13.6. The predicted molar refractivity (Wildman–Crippen MR) is 146 cm³/mol. The molecule has 2 atom stereocenters. The van der Waals surface area contributed by atoms with Gasteiger partial charge in [-0.2, -0.15) is 0 Å². The van der Waals surface area contributed by atoms with Crippen molar-refractivity contribution in [3.05, 3.63) is 64.4 Å². The van der Waals surface area contributed by atoms with E-state index < -0.39 is 11.9 Å². The number of benzene rings is 2. The number of likely N-dealkylation sites (N-methyl/N-ethyl adjacent to an activating group) is 1. The third kappa shape index (κ3) is 5.76. The maximum atomic E-state index is 13.7. The Morgan fingerprint density at radius 2 is 1.69 bits per heavy atom. The van der Waals surface area contributed by atoms with Crippen molar-refractivity contribution in [2.24, 2.45) is 11.3 Å². The Hall–Kier alpha value is -3.13. The van der Waals surface area contributed by atoms with Gasteiger partial charge in [0.15, 0.2) is 0 Å². The molecule has 0 N–H and O–H groups in total. The van der Waals surface area contributed by atoms with Gasteiger partial charge in [-0.1, -0.05) is 30.7 Å². The average molecular weight is 556 g/mol. The fourth-order valence-electron chi connectivity index (χ4n) is 5.77. The van der Waals surface area contributed by atoms with Gasteiger partial charge < -0.3 is 19.4 Å². The van der Waals surface area contributed by atoms with E-state index in [2.05, 4.69) is 0 Å². The highest BCUT2D eigenvalue weighted by Crippen LogP contribution is 2.47. The molecule has 3 amide bonds. The second kappa shape index (κ2) is 10.8. The van der Waals surface area contributed by atoms with Crippen molar-refractivity contribution in [2.75, 3.05) is 33.2 Å². The van der Waals surface area contributed by atoms with Crippen LogP contribution in [0.15, 0.2) is 42.5 Å². The minimum absolute atomic E-state index is 0.0678. The average Bonchev–Trinajstić information content (AvgIpc) is 3.53. The summed E-state index contributed by atoms with van der Waals surface area (Å²) in [6.45, 7) is 6.00. The number of carbonyl (C=O) groups excluding carboxylic acids is 3. The van der Waals surface area contributed by atoms with E-state index in [9.17, 15) is 18.8 Å². The summed E-state index contributed by atoms with van der Waals surface area (Å²) in [5, 5.41) is 0.659. The fourth-order valence-corrected chi connectivity index (χ4v) is 5.88. The summed E-state index contributed by atoms with van der Waals surface area (Å²) in [5.74, 6) is -0.161. The number of halogens is 2. The number of nitrogens with zero attached hydrogens (tertiary/aromatic N) is 3. The van der Waals surface area contributed by atoms with Crippen LogP contribution in [-0.2, 0) is 9.59 Å². The highest BCUT2D eigenvalue weighted by atomic mass is 35.5. The van der Waals surface area contributed by atoms with Crippen LogP contribution in [0.5, 0.6) is 5.75 Å². The quantitative estimate of drug-likeness (QED) is 0.505. The van der Waals surface area contributed by atoms with E-state index in [-0.39, 0.29) is 40.9 Å². The number of likely N-dealkylation sites (tertiary alicyclic amines) is 2. The lowest BCUT2D eigenvalue weighted by atomic mass is 9.92. The molecule has 3 aliphatic rings. The number of carbonyl (C=O) groups is 3. The zero-order valence-electron chi connectivity index (χ0n) is 22.7. The molecule has 2 aromatic carbocycles. The smallest absolute Gasteiger partial charge is 0.410 e. The molecular formula is C30H35ClFN3O4. The number of aryl methyl sites for hydroxylation is 1. The van der Waals surface area contributed by atoms with E-state index >= 15 is 0 Å². The molecule has 1 aliphatic carbocycles. The van der Waals surface area contributed by atoms with Gasteiger partial charge in [0.05, 0.1) is 6.04 Å². The van der Waals surface area contributed by atoms with Gasteiger partial charge in [-0.05, 0) is 74.1 Å². The van der Waals surface area contributed by atoms with Gasteiger partial charge in [0.1, 0.15) is 11.6 Å². The summed E-state index contributed by atoms with van der Waals surface area (Å²) in [4.78, 5) is 44.8. The van der Waals surface area contributed by atoms with Gasteiger partial charge in [0, 0.05) is 55.5 Å². The Morgan fingerprint density at radius 1 is 1.03 bits per heavy atom. The molecule has 3 fully saturated rings. The number of ether oxygens (including phenoxy) is 1. The lowest BCUT2D eigenvalue weighted by Crippen LogP contribution is -2.46. The lowest BCUT2D eigenvalue weighted by molar-refractivity contribution is -0.142. The zero-order valence-corrected chi connectivity index (χ0v) is 23.4. The van der Waals surface area contributed by atoms with Crippen molar-refractivity contribution in [1.82, 2.24) is 14.7 Å².